The molecule has 4 saturated carbocycles. The van der Waals surface area contributed by atoms with E-state index in [0.717, 1.165) is 96.9 Å². The average molecular weight is 830 g/mol. The Bertz CT molecular complexity index is 1240. The van der Waals surface area contributed by atoms with Crippen LogP contribution in [0.3, 0.4) is 0 Å². The first-order chi connectivity index (χ1) is 28.5. The van der Waals surface area contributed by atoms with Gasteiger partial charge in [-0.05, 0) is 144 Å². The average Bonchev–Trinajstić information content (AvgIpc) is 3.59. The summed E-state index contributed by atoms with van der Waals surface area (Å²) < 4.78 is 20.5. The lowest BCUT2D eigenvalue weighted by molar-refractivity contribution is -0.227. The van der Waals surface area contributed by atoms with Crippen LogP contribution in [0.4, 0.5) is 0 Å². The molecule has 4 rings (SSSR count). The van der Waals surface area contributed by atoms with Gasteiger partial charge in [0.2, 0.25) is 11.8 Å². The Morgan fingerprint density at radius 1 is 0.763 bits per heavy atom. The van der Waals surface area contributed by atoms with Crippen molar-refractivity contribution in [1.29, 1.82) is 0 Å². The Balaban J connectivity index is 1.53. The number of hydrogen-bond acceptors (Lipinski definition) is 8. The molecule has 3 unspecified atom stereocenters. The van der Waals surface area contributed by atoms with E-state index in [1.807, 2.05) is 6.92 Å². The molecule has 0 spiro atoms. The van der Waals surface area contributed by atoms with E-state index in [-0.39, 0.29) is 41.4 Å². The van der Waals surface area contributed by atoms with E-state index >= 15 is 0 Å². The molecule has 4 fully saturated rings. The van der Waals surface area contributed by atoms with Crippen LogP contribution in [0.25, 0.3) is 0 Å². The first-order valence-corrected chi connectivity index (χ1v) is 24.6. The van der Waals surface area contributed by atoms with Crippen LogP contribution in [-0.2, 0) is 23.8 Å². The number of hydrogen-bond donors (Lipinski definition) is 3. The number of nitrogens with zero attached hydrogens (tertiary/aromatic N) is 2. The fourth-order valence-corrected chi connectivity index (χ4v) is 12.7. The van der Waals surface area contributed by atoms with Gasteiger partial charge >= 0.3 is 0 Å². The zero-order valence-corrected chi connectivity index (χ0v) is 38.7. The van der Waals surface area contributed by atoms with Crippen LogP contribution < -0.4 is 17.2 Å². The van der Waals surface area contributed by atoms with Crippen molar-refractivity contribution in [3.05, 3.63) is 12.7 Å². The van der Waals surface area contributed by atoms with Crippen LogP contribution in [0.1, 0.15) is 157 Å². The summed E-state index contributed by atoms with van der Waals surface area (Å²) in [5.41, 5.74) is 18.2. The second kappa shape index (κ2) is 25.5. The predicted molar refractivity (Wildman–Crippen MR) is 242 cm³/mol. The minimum absolute atomic E-state index is 0.00268. The predicted octanol–water partition coefficient (Wildman–Crippen LogP) is 8.10. The number of nitrogens with two attached hydrogens (primary N) is 3. The van der Waals surface area contributed by atoms with Crippen molar-refractivity contribution < 1.29 is 23.8 Å². The third-order valence-electron chi connectivity index (χ3n) is 16.0. The third-order valence-corrected chi connectivity index (χ3v) is 16.0. The third kappa shape index (κ3) is 13.0. The molecule has 11 atom stereocenters. The quantitative estimate of drug-likeness (QED) is 0.0507. The number of amides is 2. The Morgan fingerprint density at radius 3 is 2.10 bits per heavy atom. The van der Waals surface area contributed by atoms with Gasteiger partial charge in [-0.1, -0.05) is 72.8 Å². The molecule has 0 radical (unpaired) electrons. The maximum absolute atomic E-state index is 13.9. The number of carbonyl (C=O) groups is 2. The largest absolute Gasteiger partial charge is 0.378 e. The van der Waals surface area contributed by atoms with Gasteiger partial charge in [-0.3, -0.25) is 9.59 Å². The highest BCUT2D eigenvalue weighted by molar-refractivity contribution is 5.84. The van der Waals surface area contributed by atoms with Crippen molar-refractivity contribution in [3.8, 4) is 0 Å². The van der Waals surface area contributed by atoms with Gasteiger partial charge in [0, 0.05) is 51.3 Å². The molecule has 0 saturated heterocycles. The lowest BCUT2D eigenvalue weighted by Crippen LogP contribution is -2.63. The number of ether oxygens (including phenoxy) is 3. The monoisotopic (exact) mass is 830 g/mol. The molecule has 2 amide bonds. The van der Waals surface area contributed by atoms with Gasteiger partial charge in [-0.15, -0.1) is 6.58 Å². The smallest absolute Gasteiger partial charge is 0.242 e. The van der Waals surface area contributed by atoms with E-state index in [4.69, 9.17) is 31.4 Å². The van der Waals surface area contributed by atoms with Gasteiger partial charge in [0.05, 0.1) is 18.3 Å². The van der Waals surface area contributed by atoms with E-state index < -0.39 is 0 Å². The summed E-state index contributed by atoms with van der Waals surface area (Å²) in [6, 6.07) is 0. The van der Waals surface area contributed by atoms with Gasteiger partial charge in [0.1, 0.15) is 6.54 Å². The maximum Gasteiger partial charge on any atom is 0.242 e. The van der Waals surface area contributed by atoms with Gasteiger partial charge in [0.15, 0.2) is 0 Å². The molecule has 10 nitrogen and oxygen atoms in total. The van der Waals surface area contributed by atoms with E-state index in [0.29, 0.717) is 80.8 Å². The Labute approximate surface area is 361 Å². The summed E-state index contributed by atoms with van der Waals surface area (Å²) in [7, 11) is 0. The van der Waals surface area contributed by atoms with Gasteiger partial charge in [0.25, 0.3) is 0 Å². The Morgan fingerprint density at radius 2 is 1.42 bits per heavy atom. The lowest BCUT2D eigenvalue weighted by atomic mass is 9.43. The number of carbonyl (C=O) groups excluding carboxylic acids is 2. The lowest BCUT2D eigenvalue weighted by Gasteiger charge is -2.65. The summed E-state index contributed by atoms with van der Waals surface area (Å²) in [5, 5.41) is 0. The van der Waals surface area contributed by atoms with E-state index in [1.165, 1.54) is 44.9 Å². The van der Waals surface area contributed by atoms with Crippen molar-refractivity contribution in [2.75, 3.05) is 65.6 Å². The SMILES string of the molecule is C=CCN(CC(=O)N(CCCCCCCC)CCC[C@@H](C)[C@H]1CC[C@H]2C3C(OCCCN)CC4C[C@H](OCCCN)CC[C@]4(C)[C@H]3C[C@H](OCCCN)[C@]12C)C(=O)CC. The molecule has 59 heavy (non-hydrogen) atoms. The highest BCUT2D eigenvalue weighted by Crippen LogP contribution is 2.69. The number of fused-ring (bicyclic) bond motifs is 5. The molecule has 0 aliphatic heterocycles. The molecule has 0 aromatic heterocycles. The molecule has 0 aromatic carbocycles. The summed E-state index contributed by atoms with van der Waals surface area (Å²) in [5.74, 6) is 3.26. The highest BCUT2D eigenvalue weighted by atomic mass is 16.5. The minimum Gasteiger partial charge on any atom is -0.378 e. The summed E-state index contributed by atoms with van der Waals surface area (Å²) in [6.45, 7) is 21.9. The molecule has 4 aliphatic carbocycles. The molecular weight excluding hydrogens is 739 g/mol. The van der Waals surface area contributed by atoms with Crippen LogP contribution in [-0.4, -0.2) is 106 Å². The molecule has 0 heterocycles. The van der Waals surface area contributed by atoms with Crippen LogP contribution >= 0.6 is 0 Å². The fraction of sp³-hybridized carbons (Fsp3) is 0.918. The second-order valence-corrected chi connectivity index (χ2v) is 19.7. The van der Waals surface area contributed by atoms with Crippen molar-refractivity contribution in [2.24, 2.45) is 63.5 Å². The molecular formula is C49H91N5O5. The Kier molecular flexibility index (Phi) is 21.7. The first kappa shape index (κ1) is 50.1. The minimum atomic E-state index is 0.00268. The maximum atomic E-state index is 13.9. The van der Waals surface area contributed by atoms with Gasteiger partial charge in [-0.25, -0.2) is 0 Å². The van der Waals surface area contributed by atoms with Gasteiger partial charge in [-0.2, -0.15) is 0 Å². The van der Waals surface area contributed by atoms with Crippen LogP contribution in [0, 0.1) is 46.3 Å². The van der Waals surface area contributed by atoms with E-state index in [9.17, 15) is 9.59 Å². The van der Waals surface area contributed by atoms with E-state index in [1.54, 1.807) is 11.0 Å². The highest BCUT2D eigenvalue weighted by Gasteiger charge is 2.66. The van der Waals surface area contributed by atoms with Crippen molar-refractivity contribution in [1.82, 2.24) is 9.80 Å². The molecule has 6 N–H and O–H groups in total. The van der Waals surface area contributed by atoms with Gasteiger partial charge < -0.3 is 41.2 Å². The van der Waals surface area contributed by atoms with Crippen LogP contribution in [0.15, 0.2) is 12.7 Å². The van der Waals surface area contributed by atoms with Crippen molar-refractivity contribution >= 4 is 11.8 Å². The molecule has 0 bridgehead atoms. The van der Waals surface area contributed by atoms with Crippen LogP contribution in [0.5, 0.6) is 0 Å². The molecule has 4 aliphatic rings. The first-order valence-electron chi connectivity index (χ1n) is 24.6. The fourth-order valence-electron chi connectivity index (χ4n) is 12.7. The van der Waals surface area contributed by atoms with E-state index in [2.05, 4.69) is 39.2 Å². The standard InChI is InChI=1S/C49H91N5O5/c1-7-10-11-12-13-14-28-53(46(56)36-54(27-8-2)45(55)9-3)29-15-19-37(4)40-20-21-41-47-42(35-44(49(40,41)6)59-32-18-26-52)48(5)23-22-39(57-30-16-24-50)33-38(48)34-43(47)58-31-17-25-51/h8,37-44,47H,2,7,9-36,50-52H2,1,3-6H3/t37-,38?,39-,40-,41+,42+,43?,44+,47?,48+,49-/m1/s1. The second-order valence-electron chi connectivity index (χ2n) is 19.7. The molecule has 10 heteroatoms. The summed E-state index contributed by atoms with van der Waals surface area (Å²) in [4.78, 5) is 30.3. The van der Waals surface area contributed by atoms with Crippen molar-refractivity contribution in [2.45, 2.75) is 175 Å². The summed E-state index contributed by atoms with van der Waals surface area (Å²) >= 11 is 0. The summed E-state index contributed by atoms with van der Waals surface area (Å²) in [6.07, 6.45) is 22.8. The molecule has 0 aromatic rings. The normalized spacial score (nSPS) is 31.9. The number of rotatable bonds is 29. The number of unbranched alkanes of at least 4 members (excludes halogenated alkanes) is 5. The van der Waals surface area contributed by atoms with Crippen molar-refractivity contribution in [3.63, 3.8) is 0 Å². The van der Waals surface area contributed by atoms with Crippen LogP contribution in [0.2, 0.25) is 0 Å². The topological polar surface area (TPSA) is 146 Å². The zero-order chi connectivity index (χ0) is 42.8. The zero-order valence-electron chi connectivity index (χ0n) is 38.7. The Hall–Kier alpha value is -1.56. The molecule has 342 valence electrons.